The van der Waals surface area contributed by atoms with E-state index in [1.807, 2.05) is 24.3 Å². The van der Waals surface area contributed by atoms with Crippen molar-refractivity contribution in [2.75, 3.05) is 0 Å². The van der Waals surface area contributed by atoms with E-state index in [1.54, 1.807) is 0 Å². The number of carbonyl (C=O) groups is 2. The highest BCUT2D eigenvalue weighted by Crippen LogP contribution is 2.32. The molecule has 1 aliphatic rings. The summed E-state index contributed by atoms with van der Waals surface area (Å²) in [6.07, 6.45) is 1.73. The van der Waals surface area contributed by atoms with Gasteiger partial charge in [-0.05, 0) is 54.2 Å². The number of halogens is 1. The molecule has 3 heteroatoms. The third-order valence-electron chi connectivity index (χ3n) is 4.55. The molecule has 118 valence electrons. The third-order valence-corrected chi connectivity index (χ3v) is 5.41. The van der Waals surface area contributed by atoms with E-state index in [2.05, 4.69) is 41.9 Å². The standard InChI is InChI=1S/C20H19BrO2/c1-12-11-17(21)13(2)10-16(12)14-6-8-15(9-7-14)20-18(22)4-3-5-19(20)23/h6-11,20H,3-5H2,1-2H3. The molecular weight excluding hydrogens is 352 g/mol. The third kappa shape index (κ3) is 3.16. The van der Waals surface area contributed by atoms with E-state index in [-0.39, 0.29) is 11.6 Å². The molecule has 0 amide bonds. The molecule has 0 unspecified atom stereocenters. The second-order valence-corrected chi connectivity index (χ2v) is 7.11. The first-order valence-electron chi connectivity index (χ1n) is 7.90. The highest BCUT2D eigenvalue weighted by molar-refractivity contribution is 9.10. The fraction of sp³-hybridized carbons (Fsp3) is 0.300. The summed E-state index contributed by atoms with van der Waals surface area (Å²) < 4.78 is 1.11. The number of hydrogen-bond acceptors (Lipinski definition) is 2. The van der Waals surface area contributed by atoms with Crippen molar-refractivity contribution < 1.29 is 9.59 Å². The molecule has 0 heterocycles. The van der Waals surface area contributed by atoms with Crippen molar-refractivity contribution in [2.45, 2.75) is 39.0 Å². The van der Waals surface area contributed by atoms with E-state index >= 15 is 0 Å². The Kier molecular flexibility index (Phi) is 4.49. The molecule has 1 saturated carbocycles. The van der Waals surface area contributed by atoms with Gasteiger partial charge in [-0.1, -0.05) is 46.3 Å². The Morgan fingerprint density at radius 1 is 0.913 bits per heavy atom. The van der Waals surface area contributed by atoms with Crippen LogP contribution in [0.2, 0.25) is 0 Å². The van der Waals surface area contributed by atoms with Crippen molar-refractivity contribution in [3.63, 3.8) is 0 Å². The van der Waals surface area contributed by atoms with Gasteiger partial charge in [0.25, 0.3) is 0 Å². The summed E-state index contributed by atoms with van der Waals surface area (Å²) in [5.41, 5.74) is 5.50. The van der Waals surface area contributed by atoms with Gasteiger partial charge >= 0.3 is 0 Å². The average Bonchev–Trinajstić information content (AvgIpc) is 2.51. The predicted octanol–water partition coefficient (Wildman–Crippen LogP) is 5.14. The lowest BCUT2D eigenvalue weighted by Gasteiger charge is -2.20. The van der Waals surface area contributed by atoms with Gasteiger partial charge in [-0.2, -0.15) is 0 Å². The number of hydrogen-bond donors (Lipinski definition) is 0. The van der Waals surface area contributed by atoms with Crippen LogP contribution in [0.3, 0.4) is 0 Å². The lowest BCUT2D eigenvalue weighted by molar-refractivity contribution is -0.131. The molecule has 2 aromatic rings. The summed E-state index contributed by atoms with van der Waals surface area (Å²) in [7, 11) is 0. The van der Waals surface area contributed by atoms with Gasteiger partial charge in [-0.25, -0.2) is 0 Å². The summed E-state index contributed by atoms with van der Waals surface area (Å²) in [5.74, 6) is -0.431. The number of benzene rings is 2. The smallest absolute Gasteiger partial charge is 0.147 e. The monoisotopic (exact) mass is 370 g/mol. The molecule has 0 saturated heterocycles. The molecule has 0 bridgehead atoms. The van der Waals surface area contributed by atoms with Crippen molar-refractivity contribution >= 4 is 27.5 Å². The fourth-order valence-corrected chi connectivity index (χ4v) is 3.68. The normalized spacial score (nSPS) is 16.0. The van der Waals surface area contributed by atoms with Gasteiger partial charge in [0, 0.05) is 17.3 Å². The number of Topliss-reactive ketones (excluding diaryl/α,β-unsaturated/α-hetero) is 2. The van der Waals surface area contributed by atoms with Crippen molar-refractivity contribution in [1.29, 1.82) is 0 Å². The summed E-state index contributed by atoms with van der Waals surface area (Å²) in [4.78, 5) is 24.1. The van der Waals surface area contributed by atoms with Crippen LogP contribution in [-0.2, 0) is 9.59 Å². The van der Waals surface area contributed by atoms with E-state index < -0.39 is 5.92 Å². The van der Waals surface area contributed by atoms with E-state index in [9.17, 15) is 9.59 Å². The van der Waals surface area contributed by atoms with Crippen LogP contribution < -0.4 is 0 Å². The molecule has 1 fully saturated rings. The molecule has 0 spiro atoms. The maximum absolute atomic E-state index is 12.1. The number of aryl methyl sites for hydroxylation is 2. The molecule has 3 rings (SSSR count). The van der Waals surface area contributed by atoms with Gasteiger partial charge < -0.3 is 0 Å². The first-order valence-corrected chi connectivity index (χ1v) is 8.69. The van der Waals surface area contributed by atoms with Crippen LogP contribution in [0.5, 0.6) is 0 Å². The van der Waals surface area contributed by atoms with Crippen LogP contribution in [0.1, 0.15) is 41.9 Å². The van der Waals surface area contributed by atoms with E-state index in [0.717, 1.165) is 15.6 Å². The summed E-state index contributed by atoms with van der Waals surface area (Å²) in [6, 6.07) is 12.2. The highest BCUT2D eigenvalue weighted by atomic mass is 79.9. The Morgan fingerprint density at radius 3 is 2.13 bits per heavy atom. The van der Waals surface area contributed by atoms with Crippen LogP contribution >= 0.6 is 15.9 Å². The van der Waals surface area contributed by atoms with Crippen molar-refractivity contribution in [2.24, 2.45) is 0 Å². The molecule has 0 N–H and O–H groups in total. The Bertz CT molecular complexity index is 759. The molecule has 2 aromatic carbocycles. The van der Waals surface area contributed by atoms with Gasteiger partial charge in [-0.15, -0.1) is 0 Å². The zero-order valence-electron chi connectivity index (χ0n) is 13.4. The average molecular weight is 371 g/mol. The van der Waals surface area contributed by atoms with Crippen molar-refractivity contribution in [3.05, 3.63) is 57.6 Å². The van der Waals surface area contributed by atoms with Crippen LogP contribution in [0, 0.1) is 13.8 Å². The van der Waals surface area contributed by atoms with E-state index in [0.29, 0.717) is 19.3 Å². The molecule has 2 nitrogen and oxygen atoms in total. The van der Waals surface area contributed by atoms with E-state index in [4.69, 9.17) is 0 Å². The van der Waals surface area contributed by atoms with Crippen LogP contribution in [0.4, 0.5) is 0 Å². The zero-order chi connectivity index (χ0) is 16.6. The Morgan fingerprint density at radius 2 is 1.52 bits per heavy atom. The minimum atomic E-state index is -0.550. The second-order valence-electron chi connectivity index (χ2n) is 6.26. The Hall–Kier alpha value is -1.74. The number of rotatable bonds is 2. The minimum Gasteiger partial charge on any atom is -0.299 e. The van der Waals surface area contributed by atoms with Crippen molar-refractivity contribution in [1.82, 2.24) is 0 Å². The molecular formula is C20H19BrO2. The zero-order valence-corrected chi connectivity index (χ0v) is 14.9. The maximum atomic E-state index is 12.1. The Labute approximate surface area is 145 Å². The lowest BCUT2D eigenvalue weighted by atomic mass is 9.81. The molecule has 0 aromatic heterocycles. The predicted molar refractivity (Wildman–Crippen MR) is 95.7 cm³/mol. The number of carbonyl (C=O) groups excluding carboxylic acids is 2. The SMILES string of the molecule is Cc1cc(-c2ccc(C3C(=O)CCCC3=O)cc2)c(C)cc1Br. The molecule has 0 aliphatic heterocycles. The lowest BCUT2D eigenvalue weighted by Crippen LogP contribution is -2.26. The molecule has 1 aliphatic carbocycles. The van der Waals surface area contributed by atoms with Gasteiger partial charge in [0.2, 0.25) is 0 Å². The largest absolute Gasteiger partial charge is 0.299 e. The Balaban J connectivity index is 1.95. The second kappa shape index (κ2) is 6.40. The number of ketones is 2. The van der Waals surface area contributed by atoms with Crippen LogP contribution in [-0.4, -0.2) is 11.6 Å². The first kappa shape index (κ1) is 16.1. The quantitative estimate of drug-likeness (QED) is 0.685. The van der Waals surface area contributed by atoms with Gasteiger partial charge in [-0.3, -0.25) is 9.59 Å². The maximum Gasteiger partial charge on any atom is 0.147 e. The first-order chi connectivity index (χ1) is 11.0. The molecule has 23 heavy (non-hydrogen) atoms. The van der Waals surface area contributed by atoms with Crippen molar-refractivity contribution in [3.8, 4) is 11.1 Å². The summed E-state index contributed by atoms with van der Waals surface area (Å²) in [6.45, 7) is 4.16. The van der Waals surface area contributed by atoms with Crippen LogP contribution in [0.25, 0.3) is 11.1 Å². The van der Waals surface area contributed by atoms with Crippen LogP contribution in [0.15, 0.2) is 40.9 Å². The van der Waals surface area contributed by atoms with Gasteiger partial charge in [0.05, 0.1) is 0 Å². The topological polar surface area (TPSA) is 34.1 Å². The summed E-state index contributed by atoms with van der Waals surface area (Å²) in [5, 5.41) is 0. The van der Waals surface area contributed by atoms with E-state index in [1.165, 1.54) is 16.7 Å². The molecule has 0 radical (unpaired) electrons. The van der Waals surface area contributed by atoms with Gasteiger partial charge in [0.15, 0.2) is 0 Å². The summed E-state index contributed by atoms with van der Waals surface area (Å²) >= 11 is 3.55. The highest BCUT2D eigenvalue weighted by Gasteiger charge is 2.31. The van der Waals surface area contributed by atoms with Gasteiger partial charge in [0.1, 0.15) is 17.5 Å². The minimum absolute atomic E-state index is 0.0599. The fourth-order valence-electron chi connectivity index (χ4n) is 3.22. The molecule has 0 atom stereocenters.